The van der Waals surface area contributed by atoms with Crippen molar-refractivity contribution in [3.05, 3.63) is 12.2 Å². The van der Waals surface area contributed by atoms with Gasteiger partial charge in [-0.15, -0.1) is 0 Å². The molecule has 0 spiro atoms. The Morgan fingerprint density at radius 2 is 2.21 bits per heavy atom. The summed E-state index contributed by atoms with van der Waals surface area (Å²) < 4.78 is 9.86. The predicted molar refractivity (Wildman–Crippen MR) is 56.5 cm³/mol. The number of rotatable bonds is 7. The summed E-state index contributed by atoms with van der Waals surface area (Å²) >= 11 is 4.36. The molecule has 0 N–H and O–H groups in total. The van der Waals surface area contributed by atoms with E-state index in [1.54, 1.807) is 6.92 Å². The van der Waals surface area contributed by atoms with Gasteiger partial charge in [-0.05, 0) is 19.1 Å². The van der Waals surface area contributed by atoms with E-state index in [1.807, 2.05) is 0 Å². The van der Waals surface area contributed by atoms with Gasteiger partial charge in [-0.1, -0.05) is 6.58 Å². The van der Waals surface area contributed by atoms with Gasteiger partial charge in [0.2, 0.25) is 0 Å². The zero-order valence-electron chi connectivity index (χ0n) is 8.12. The fourth-order valence-electron chi connectivity index (χ4n) is 0.574. The molecule has 0 saturated carbocycles. The number of isothiocyanates is 1. The number of hydrogen-bond donors (Lipinski definition) is 0. The van der Waals surface area contributed by atoms with Gasteiger partial charge in [0.25, 0.3) is 0 Å². The first-order valence-corrected chi connectivity index (χ1v) is 4.53. The summed E-state index contributed by atoms with van der Waals surface area (Å²) in [6.45, 7) is 6.56. The second-order valence-corrected chi connectivity index (χ2v) is 2.68. The average Bonchev–Trinajstić information content (AvgIpc) is 2.16. The SMILES string of the molecule is C=C(C)C(=O)OCCOCCN=C=S. The number of carbonyl (C=O) groups excluding carboxylic acids is 1. The third kappa shape index (κ3) is 7.61. The molecule has 0 unspecified atom stereocenters. The van der Waals surface area contributed by atoms with E-state index in [-0.39, 0.29) is 6.61 Å². The molecule has 0 aliphatic heterocycles. The van der Waals surface area contributed by atoms with Gasteiger partial charge in [0, 0.05) is 5.57 Å². The van der Waals surface area contributed by atoms with Crippen molar-refractivity contribution < 1.29 is 14.3 Å². The van der Waals surface area contributed by atoms with Crippen LogP contribution in [0.25, 0.3) is 0 Å². The Hall–Kier alpha value is -1.03. The normalized spacial score (nSPS) is 8.93. The van der Waals surface area contributed by atoms with Crippen LogP contribution in [0.1, 0.15) is 6.92 Å². The number of thiocarbonyl (C=S) groups is 1. The lowest BCUT2D eigenvalue weighted by atomic mass is 10.4. The summed E-state index contributed by atoms with van der Waals surface area (Å²) in [5, 5.41) is 2.22. The molecule has 0 aliphatic rings. The van der Waals surface area contributed by atoms with E-state index in [1.165, 1.54) is 0 Å². The number of hydrogen-bond acceptors (Lipinski definition) is 5. The molecule has 5 heteroatoms. The van der Waals surface area contributed by atoms with E-state index in [0.717, 1.165) is 0 Å². The van der Waals surface area contributed by atoms with Crippen LogP contribution < -0.4 is 0 Å². The monoisotopic (exact) mass is 215 g/mol. The number of ether oxygens (including phenoxy) is 2. The van der Waals surface area contributed by atoms with Crippen molar-refractivity contribution in [2.75, 3.05) is 26.4 Å². The summed E-state index contributed by atoms with van der Waals surface area (Å²) in [5.41, 5.74) is 0.385. The number of carbonyl (C=O) groups is 1. The largest absolute Gasteiger partial charge is 0.460 e. The molecule has 0 amide bonds. The number of nitrogens with zero attached hydrogens (tertiary/aromatic N) is 1. The van der Waals surface area contributed by atoms with Crippen molar-refractivity contribution in [3.8, 4) is 0 Å². The molecule has 0 aliphatic carbocycles. The summed E-state index contributed by atoms with van der Waals surface area (Å²) in [7, 11) is 0. The molecule has 78 valence electrons. The average molecular weight is 215 g/mol. The molecule has 0 fully saturated rings. The quantitative estimate of drug-likeness (QED) is 0.211. The first-order valence-electron chi connectivity index (χ1n) is 4.12. The summed E-state index contributed by atoms with van der Waals surface area (Å²) in [5.74, 6) is -0.398. The predicted octanol–water partition coefficient (Wildman–Crippen LogP) is 1.23. The van der Waals surface area contributed by atoms with Gasteiger partial charge in [-0.25, -0.2) is 9.79 Å². The van der Waals surface area contributed by atoms with E-state index in [0.29, 0.717) is 25.3 Å². The highest BCUT2D eigenvalue weighted by Gasteiger charge is 2.01. The van der Waals surface area contributed by atoms with E-state index in [9.17, 15) is 4.79 Å². The second-order valence-electron chi connectivity index (χ2n) is 2.50. The van der Waals surface area contributed by atoms with Gasteiger partial charge in [0.1, 0.15) is 6.61 Å². The van der Waals surface area contributed by atoms with E-state index in [2.05, 4.69) is 29.0 Å². The Morgan fingerprint density at radius 1 is 1.50 bits per heavy atom. The minimum atomic E-state index is -0.398. The summed E-state index contributed by atoms with van der Waals surface area (Å²) in [4.78, 5) is 14.5. The van der Waals surface area contributed by atoms with Crippen LogP contribution in [0.15, 0.2) is 17.1 Å². The first kappa shape index (κ1) is 13.0. The van der Waals surface area contributed by atoms with Gasteiger partial charge in [0.15, 0.2) is 0 Å². The van der Waals surface area contributed by atoms with Crippen LogP contribution in [0.2, 0.25) is 0 Å². The molecule has 0 radical (unpaired) electrons. The van der Waals surface area contributed by atoms with Crippen LogP contribution in [0.5, 0.6) is 0 Å². The van der Waals surface area contributed by atoms with E-state index >= 15 is 0 Å². The third-order valence-electron chi connectivity index (χ3n) is 1.22. The Balaban J connectivity index is 3.25. The minimum absolute atomic E-state index is 0.229. The van der Waals surface area contributed by atoms with Crippen molar-refractivity contribution in [2.24, 2.45) is 4.99 Å². The smallest absolute Gasteiger partial charge is 0.333 e. The molecule has 0 aromatic carbocycles. The molecule has 14 heavy (non-hydrogen) atoms. The van der Waals surface area contributed by atoms with E-state index < -0.39 is 5.97 Å². The molecular formula is C9H13NO3S. The standard InChI is InChI=1S/C9H13NO3S/c1-8(2)9(11)13-6-5-12-4-3-10-7-14/h1,3-6H2,2H3. The van der Waals surface area contributed by atoms with Gasteiger partial charge in [0.05, 0.1) is 24.9 Å². The molecule has 0 aromatic heterocycles. The maximum absolute atomic E-state index is 10.9. The molecule has 0 bridgehead atoms. The van der Waals surface area contributed by atoms with Crippen LogP contribution in [0.3, 0.4) is 0 Å². The van der Waals surface area contributed by atoms with Gasteiger partial charge in [-0.3, -0.25) is 0 Å². The van der Waals surface area contributed by atoms with Crippen molar-refractivity contribution in [2.45, 2.75) is 6.92 Å². The fourth-order valence-corrected chi connectivity index (χ4v) is 0.666. The van der Waals surface area contributed by atoms with Gasteiger partial charge in [-0.2, -0.15) is 0 Å². The van der Waals surface area contributed by atoms with E-state index in [4.69, 9.17) is 9.47 Å². The lowest BCUT2D eigenvalue weighted by Gasteiger charge is -2.04. The summed E-state index contributed by atoms with van der Waals surface area (Å²) in [6.07, 6.45) is 0. The molecule has 4 nitrogen and oxygen atoms in total. The fraction of sp³-hybridized carbons (Fsp3) is 0.556. The lowest BCUT2D eigenvalue weighted by Crippen LogP contribution is -2.11. The lowest BCUT2D eigenvalue weighted by molar-refractivity contribution is -0.140. The maximum Gasteiger partial charge on any atom is 0.333 e. The Kier molecular flexibility index (Phi) is 7.93. The van der Waals surface area contributed by atoms with Crippen LogP contribution in [-0.4, -0.2) is 37.5 Å². The zero-order chi connectivity index (χ0) is 10.8. The first-order chi connectivity index (χ1) is 6.68. The highest BCUT2D eigenvalue weighted by molar-refractivity contribution is 7.78. The number of esters is 1. The maximum atomic E-state index is 10.9. The molecule has 0 aromatic rings. The molecular weight excluding hydrogens is 202 g/mol. The number of aliphatic imine (C=N–C) groups is 1. The van der Waals surface area contributed by atoms with Crippen molar-refractivity contribution in [3.63, 3.8) is 0 Å². The Bertz CT molecular complexity index is 246. The van der Waals surface area contributed by atoms with Gasteiger partial charge >= 0.3 is 5.97 Å². The zero-order valence-corrected chi connectivity index (χ0v) is 8.93. The second kappa shape index (κ2) is 8.56. The van der Waals surface area contributed by atoms with Crippen molar-refractivity contribution >= 4 is 23.3 Å². The Labute approximate surface area is 88.6 Å². The van der Waals surface area contributed by atoms with Crippen LogP contribution in [0.4, 0.5) is 0 Å². The highest BCUT2D eigenvalue weighted by Crippen LogP contribution is 1.91. The molecule has 0 heterocycles. The van der Waals surface area contributed by atoms with Gasteiger partial charge < -0.3 is 9.47 Å². The molecule has 0 rings (SSSR count). The third-order valence-corrected chi connectivity index (χ3v) is 1.35. The molecule has 0 saturated heterocycles. The topological polar surface area (TPSA) is 47.9 Å². The Morgan fingerprint density at radius 3 is 2.79 bits per heavy atom. The van der Waals surface area contributed by atoms with Crippen LogP contribution >= 0.6 is 12.2 Å². The minimum Gasteiger partial charge on any atom is -0.460 e. The molecule has 0 atom stereocenters. The highest BCUT2D eigenvalue weighted by atomic mass is 32.1. The van der Waals surface area contributed by atoms with Crippen molar-refractivity contribution in [1.29, 1.82) is 0 Å². The van der Waals surface area contributed by atoms with Crippen LogP contribution in [0, 0.1) is 0 Å². The van der Waals surface area contributed by atoms with Crippen LogP contribution in [-0.2, 0) is 14.3 Å². The summed E-state index contributed by atoms with van der Waals surface area (Å²) in [6, 6.07) is 0. The van der Waals surface area contributed by atoms with Crippen molar-refractivity contribution in [1.82, 2.24) is 0 Å².